The molecule has 2 aliphatic rings. The van der Waals surface area contributed by atoms with Gasteiger partial charge in [0.1, 0.15) is 6.04 Å². The third-order valence-electron chi connectivity index (χ3n) is 4.70. The van der Waals surface area contributed by atoms with Gasteiger partial charge in [0, 0.05) is 13.1 Å². The smallest absolute Gasteiger partial charge is 0.318 e. The van der Waals surface area contributed by atoms with Gasteiger partial charge in [-0.1, -0.05) is 23.2 Å². The molecule has 1 unspecified atom stereocenters. The summed E-state index contributed by atoms with van der Waals surface area (Å²) in [5.74, 6) is 1.18. The molecule has 2 amide bonds. The molecule has 1 aromatic heterocycles. The largest absolute Gasteiger partial charge is 0.338 e. The lowest BCUT2D eigenvalue weighted by Gasteiger charge is -2.22. The van der Waals surface area contributed by atoms with Crippen molar-refractivity contribution < 1.29 is 9.32 Å². The van der Waals surface area contributed by atoms with Crippen LogP contribution in [0.5, 0.6) is 0 Å². The van der Waals surface area contributed by atoms with E-state index in [1.165, 1.54) is 37.7 Å². The molecule has 126 valence electrons. The van der Waals surface area contributed by atoms with Crippen molar-refractivity contribution >= 4 is 6.03 Å². The van der Waals surface area contributed by atoms with E-state index in [-0.39, 0.29) is 12.1 Å². The van der Waals surface area contributed by atoms with Crippen LogP contribution >= 0.6 is 0 Å². The molecule has 1 aliphatic carbocycles. The predicted molar refractivity (Wildman–Crippen MR) is 86.9 cm³/mol. The molecule has 1 fully saturated rings. The minimum atomic E-state index is -0.0757. The molecule has 6 heteroatoms. The topological polar surface area (TPSA) is 71.3 Å². The maximum atomic E-state index is 12.5. The Hall–Kier alpha value is -1.85. The molecule has 1 N–H and O–H groups in total. The first-order chi connectivity index (χ1) is 11.2. The van der Waals surface area contributed by atoms with Gasteiger partial charge in [-0.2, -0.15) is 4.98 Å². The van der Waals surface area contributed by atoms with Crippen LogP contribution in [0.25, 0.3) is 0 Å². The molecule has 3 rings (SSSR count). The summed E-state index contributed by atoms with van der Waals surface area (Å²) < 4.78 is 5.25. The van der Waals surface area contributed by atoms with Crippen LogP contribution in [0.3, 0.4) is 0 Å². The summed E-state index contributed by atoms with van der Waals surface area (Å²) in [6.07, 6.45) is 11.5. The summed E-state index contributed by atoms with van der Waals surface area (Å²) in [7, 11) is 0. The Morgan fingerprint density at radius 1 is 1.39 bits per heavy atom. The van der Waals surface area contributed by atoms with Crippen LogP contribution in [0, 0.1) is 6.92 Å². The second kappa shape index (κ2) is 7.62. The highest BCUT2D eigenvalue weighted by Crippen LogP contribution is 2.30. The zero-order valence-electron chi connectivity index (χ0n) is 13.9. The van der Waals surface area contributed by atoms with E-state index >= 15 is 0 Å². The lowest BCUT2D eigenvalue weighted by Crippen LogP contribution is -2.40. The number of hydrogen-bond donors (Lipinski definition) is 1. The quantitative estimate of drug-likeness (QED) is 0.862. The summed E-state index contributed by atoms with van der Waals surface area (Å²) >= 11 is 0. The van der Waals surface area contributed by atoms with Gasteiger partial charge < -0.3 is 14.7 Å². The van der Waals surface area contributed by atoms with E-state index in [1.807, 2.05) is 4.90 Å². The monoisotopic (exact) mass is 318 g/mol. The van der Waals surface area contributed by atoms with Gasteiger partial charge >= 0.3 is 6.03 Å². The molecule has 1 saturated heterocycles. The molecule has 23 heavy (non-hydrogen) atoms. The van der Waals surface area contributed by atoms with Crippen LogP contribution in [0.15, 0.2) is 16.2 Å². The van der Waals surface area contributed by atoms with Crippen molar-refractivity contribution in [1.29, 1.82) is 0 Å². The van der Waals surface area contributed by atoms with E-state index in [9.17, 15) is 4.79 Å². The highest BCUT2D eigenvalue weighted by molar-refractivity contribution is 5.74. The number of rotatable bonds is 4. The van der Waals surface area contributed by atoms with Crippen molar-refractivity contribution in [3.05, 3.63) is 23.4 Å². The SMILES string of the molecule is Cc1noc(C2CCCN2C(=O)NCCC2=CCCCCC2)n1. The van der Waals surface area contributed by atoms with Gasteiger partial charge in [0.15, 0.2) is 5.82 Å². The Bertz CT molecular complexity index is 567. The van der Waals surface area contributed by atoms with Crippen molar-refractivity contribution in [2.24, 2.45) is 0 Å². The molecule has 0 saturated carbocycles. The first kappa shape index (κ1) is 16.0. The van der Waals surface area contributed by atoms with Crippen LogP contribution in [-0.4, -0.2) is 34.2 Å². The highest BCUT2D eigenvalue weighted by atomic mass is 16.5. The molecule has 0 bridgehead atoms. The van der Waals surface area contributed by atoms with E-state index < -0.39 is 0 Å². The van der Waals surface area contributed by atoms with Crippen LogP contribution in [0.1, 0.15) is 69.1 Å². The molecule has 6 nitrogen and oxygen atoms in total. The molecule has 2 heterocycles. The molecular formula is C17H26N4O2. The lowest BCUT2D eigenvalue weighted by atomic mass is 10.1. The van der Waals surface area contributed by atoms with Crippen LogP contribution < -0.4 is 5.32 Å². The van der Waals surface area contributed by atoms with Gasteiger partial charge in [0.2, 0.25) is 5.89 Å². The summed E-state index contributed by atoms with van der Waals surface area (Å²) in [5, 5.41) is 6.89. The Morgan fingerprint density at radius 3 is 3.13 bits per heavy atom. The van der Waals surface area contributed by atoms with Crippen LogP contribution in [0.2, 0.25) is 0 Å². The molecule has 1 aliphatic heterocycles. The number of nitrogens with one attached hydrogen (secondary N) is 1. The number of amides is 2. The fourth-order valence-electron chi connectivity index (χ4n) is 3.46. The molecular weight excluding hydrogens is 292 g/mol. The second-order valence-corrected chi connectivity index (χ2v) is 6.47. The lowest BCUT2D eigenvalue weighted by molar-refractivity contribution is 0.180. The molecule has 1 atom stereocenters. The first-order valence-electron chi connectivity index (χ1n) is 8.76. The number of hydrogen-bond acceptors (Lipinski definition) is 4. The fraction of sp³-hybridized carbons (Fsp3) is 0.706. The van der Waals surface area contributed by atoms with Gasteiger partial charge in [0.05, 0.1) is 0 Å². The highest BCUT2D eigenvalue weighted by Gasteiger charge is 2.33. The standard InChI is InChI=1S/C17H26N4O2/c1-13-19-16(23-20-13)15-9-6-12-21(15)17(22)18-11-10-14-7-4-2-3-5-8-14/h7,15H,2-6,8-12H2,1H3,(H,18,22). The predicted octanol–water partition coefficient (Wildman–Crippen LogP) is 3.51. The minimum absolute atomic E-state index is 0.0161. The van der Waals surface area contributed by atoms with Gasteiger partial charge in [0.25, 0.3) is 0 Å². The van der Waals surface area contributed by atoms with Gasteiger partial charge in [-0.3, -0.25) is 0 Å². The van der Waals surface area contributed by atoms with Crippen molar-refractivity contribution in [3.8, 4) is 0 Å². The number of carbonyl (C=O) groups is 1. The molecule has 0 aromatic carbocycles. The van der Waals surface area contributed by atoms with Crippen molar-refractivity contribution in [2.45, 2.75) is 64.3 Å². The minimum Gasteiger partial charge on any atom is -0.338 e. The number of nitrogens with zero attached hydrogens (tertiary/aromatic N) is 3. The number of allylic oxidation sites excluding steroid dienone is 1. The summed E-state index contributed by atoms with van der Waals surface area (Å²) in [6.45, 7) is 3.25. The summed E-state index contributed by atoms with van der Waals surface area (Å²) in [4.78, 5) is 18.6. The van der Waals surface area contributed by atoms with Crippen LogP contribution in [-0.2, 0) is 0 Å². The second-order valence-electron chi connectivity index (χ2n) is 6.47. The molecule has 0 radical (unpaired) electrons. The van der Waals surface area contributed by atoms with Gasteiger partial charge in [-0.25, -0.2) is 4.79 Å². The zero-order valence-corrected chi connectivity index (χ0v) is 13.9. The van der Waals surface area contributed by atoms with E-state index in [1.54, 1.807) is 6.92 Å². The summed E-state index contributed by atoms with van der Waals surface area (Å²) in [5.41, 5.74) is 1.49. The third kappa shape index (κ3) is 4.12. The van der Waals surface area contributed by atoms with Gasteiger partial charge in [-0.05, 0) is 51.9 Å². The summed E-state index contributed by atoms with van der Waals surface area (Å²) in [6, 6.07) is -0.0918. The average Bonchev–Trinajstić information content (AvgIpc) is 3.11. The van der Waals surface area contributed by atoms with E-state index in [4.69, 9.17) is 4.52 Å². The van der Waals surface area contributed by atoms with Crippen molar-refractivity contribution in [2.75, 3.05) is 13.1 Å². The maximum Gasteiger partial charge on any atom is 0.318 e. The van der Waals surface area contributed by atoms with E-state index in [2.05, 4.69) is 21.5 Å². The Labute approximate surface area is 137 Å². The first-order valence-corrected chi connectivity index (χ1v) is 8.76. The number of aryl methyl sites for hydroxylation is 1. The fourth-order valence-corrected chi connectivity index (χ4v) is 3.46. The van der Waals surface area contributed by atoms with Crippen LogP contribution in [0.4, 0.5) is 4.79 Å². The Kier molecular flexibility index (Phi) is 5.31. The maximum absolute atomic E-state index is 12.5. The van der Waals surface area contributed by atoms with E-state index in [0.717, 1.165) is 25.8 Å². The van der Waals surface area contributed by atoms with Crippen molar-refractivity contribution in [3.63, 3.8) is 0 Å². The van der Waals surface area contributed by atoms with E-state index in [0.29, 0.717) is 18.3 Å². The molecule has 0 spiro atoms. The number of carbonyl (C=O) groups excluding carboxylic acids is 1. The molecule has 1 aromatic rings. The normalized spacial score (nSPS) is 21.9. The number of urea groups is 1. The zero-order chi connectivity index (χ0) is 16.1. The average molecular weight is 318 g/mol. The van der Waals surface area contributed by atoms with Crippen molar-refractivity contribution in [1.82, 2.24) is 20.4 Å². The number of likely N-dealkylation sites (tertiary alicyclic amines) is 1. The Morgan fingerprint density at radius 2 is 2.30 bits per heavy atom. The number of aromatic nitrogens is 2. The Balaban J connectivity index is 1.50. The van der Waals surface area contributed by atoms with Gasteiger partial charge in [-0.15, -0.1) is 0 Å². The third-order valence-corrected chi connectivity index (χ3v) is 4.70.